The smallest absolute Gasteiger partial charge is 0.339 e. The van der Waals surface area contributed by atoms with Crippen molar-refractivity contribution in [1.29, 1.82) is 5.26 Å². The van der Waals surface area contributed by atoms with Crippen LogP contribution in [0.15, 0.2) is 77.2 Å². The van der Waals surface area contributed by atoms with Gasteiger partial charge < -0.3 is 19.0 Å². The molecule has 0 unspecified atom stereocenters. The van der Waals surface area contributed by atoms with Gasteiger partial charge in [0.2, 0.25) is 5.75 Å². The summed E-state index contributed by atoms with van der Waals surface area (Å²) in [5, 5.41) is 11.9. The van der Waals surface area contributed by atoms with Gasteiger partial charge in [0.05, 0.1) is 24.8 Å². The predicted molar refractivity (Wildman–Crippen MR) is 132 cm³/mol. The summed E-state index contributed by atoms with van der Waals surface area (Å²) in [6, 6.07) is 17.9. The molecule has 0 heterocycles. The number of benzene rings is 3. The van der Waals surface area contributed by atoms with Crippen LogP contribution in [0.25, 0.3) is 6.08 Å². The Morgan fingerprint density at radius 1 is 1.03 bits per heavy atom. The molecule has 0 spiro atoms. The second kappa shape index (κ2) is 11.4. The maximum absolute atomic E-state index is 12.6. The highest BCUT2D eigenvalue weighted by molar-refractivity contribution is 7.87. The minimum atomic E-state index is -4.19. The van der Waals surface area contributed by atoms with Crippen LogP contribution < -0.4 is 14.2 Å². The fourth-order valence-corrected chi connectivity index (χ4v) is 4.25. The molecule has 0 atom stereocenters. The number of carbonyl (C=O) groups excluding carboxylic acids is 2. The molecule has 0 bridgehead atoms. The number of ether oxygens (including phenoxy) is 2. The van der Waals surface area contributed by atoms with Crippen molar-refractivity contribution in [1.82, 2.24) is 0 Å². The zero-order valence-electron chi connectivity index (χ0n) is 19.0. The Kier molecular flexibility index (Phi) is 8.32. The first-order valence-corrected chi connectivity index (χ1v) is 12.0. The standard InChI is InChI=1S/C25H19ClN2O7S/c1-33-22-14-16(13-21(26)23(22)35-36(31,32)20-6-4-3-5-7-20)12-18(15-27)24(29)28-19-10-8-17(9-11-19)25(30)34-2/h3-14H,1-2H3,(H,28,29)/b18-12+. The number of anilines is 1. The van der Waals surface area contributed by atoms with Crippen molar-refractivity contribution >= 4 is 45.4 Å². The summed E-state index contributed by atoms with van der Waals surface area (Å²) in [7, 11) is -1.65. The van der Waals surface area contributed by atoms with E-state index in [2.05, 4.69) is 10.1 Å². The molecular weight excluding hydrogens is 508 g/mol. The maximum Gasteiger partial charge on any atom is 0.339 e. The number of halogens is 1. The molecule has 1 amide bonds. The quantitative estimate of drug-likeness (QED) is 0.197. The van der Waals surface area contributed by atoms with E-state index in [4.69, 9.17) is 20.5 Å². The van der Waals surface area contributed by atoms with E-state index >= 15 is 0 Å². The number of nitriles is 1. The third kappa shape index (κ3) is 6.21. The van der Waals surface area contributed by atoms with E-state index < -0.39 is 22.0 Å². The van der Waals surface area contributed by atoms with Crippen LogP contribution >= 0.6 is 11.6 Å². The number of hydrogen-bond donors (Lipinski definition) is 1. The topological polar surface area (TPSA) is 132 Å². The average molecular weight is 527 g/mol. The Bertz CT molecular complexity index is 1460. The normalized spacial score (nSPS) is 11.2. The van der Waals surface area contributed by atoms with Gasteiger partial charge in [0.15, 0.2) is 5.75 Å². The molecular formula is C25H19ClN2O7S. The van der Waals surface area contributed by atoms with E-state index in [1.807, 2.05) is 0 Å². The summed E-state index contributed by atoms with van der Waals surface area (Å²) in [6.07, 6.45) is 1.25. The number of carbonyl (C=O) groups is 2. The molecule has 36 heavy (non-hydrogen) atoms. The Labute approximate surface area is 212 Å². The lowest BCUT2D eigenvalue weighted by Gasteiger charge is -2.13. The first kappa shape index (κ1) is 26.3. The SMILES string of the molecule is COC(=O)c1ccc(NC(=O)/C(C#N)=C/c2cc(Cl)c(OS(=O)(=O)c3ccccc3)c(OC)c2)cc1. The van der Waals surface area contributed by atoms with Gasteiger partial charge in [0, 0.05) is 5.69 Å². The van der Waals surface area contributed by atoms with Gasteiger partial charge in [0.25, 0.3) is 5.91 Å². The van der Waals surface area contributed by atoms with Gasteiger partial charge in [-0.2, -0.15) is 13.7 Å². The first-order chi connectivity index (χ1) is 17.2. The van der Waals surface area contributed by atoms with Crippen molar-refractivity contribution < 1.29 is 31.7 Å². The second-order valence-corrected chi connectivity index (χ2v) is 9.03. The van der Waals surface area contributed by atoms with Crippen molar-refractivity contribution in [3.63, 3.8) is 0 Å². The summed E-state index contributed by atoms with van der Waals surface area (Å²) >= 11 is 6.28. The molecule has 3 aromatic rings. The number of methoxy groups -OCH3 is 2. The van der Waals surface area contributed by atoms with Gasteiger partial charge in [-0.05, 0) is 60.2 Å². The highest BCUT2D eigenvalue weighted by atomic mass is 35.5. The van der Waals surface area contributed by atoms with E-state index in [0.29, 0.717) is 11.3 Å². The Hall–Kier alpha value is -4.33. The lowest BCUT2D eigenvalue weighted by molar-refractivity contribution is -0.112. The minimum Gasteiger partial charge on any atom is -0.493 e. The molecule has 0 saturated carbocycles. The van der Waals surface area contributed by atoms with Gasteiger partial charge in [0.1, 0.15) is 16.5 Å². The predicted octanol–water partition coefficient (Wildman–Crippen LogP) is 4.45. The van der Waals surface area contributed by atoms with Crippen molar-refractivity contribution in [2.75, 3.05) is 19.5 Å². The minimum absolute atomic E-state index is 0.0237. The average Bonchev–Trinajstić information content (AvgIpc) is 2.88. The fraction of sp³-hybridized carbons (Fsp3) is 0.0800. The van der Waals surface area contributed by atoms with Crippen LogP contribution in [-0.4, -0.2) is 34.5 Å². The highest BCUT2D eigenvalue weighted by Crippen LogP contribution is 2.38. The number of nitrogens with one attached hydrogen (secondary N) is 1. The molecule has 0 radical (unpaired) electrons. The van der Waals surface area contributed by atoms with Crippen LogP contribution in [0.4, 0.5) is 5.69 Å². The van der Waals surface area contributed by atoms with Crippen molar-refractivity contribution in [2.45, 2.75) is 4.90 Å². The van der Waals surface area contributed by atoms with Crippen molar-refractivity contribution in [2.24, 2.45) is 0 Å². The fourth-order valence-electron chi connectivity index (χ4n) is 2.97. The maximum atomic E-state index is 12.6. The molecule has 184 valence electrons. The summed E-state index contributed by atoms with van der Waals surface area (Å²) in [5.74, 6) is -1.51. The van der Waals surface area contributed by atoms with E-state index in [9.17, 15) is 23.3 Å². The third-order valence-electron chi connectivity index (χ3n) is 4.72. The Morgan fingerprint density at radius 3 is 2.28 bits per heavy atom. The lowest BCUT2D eigenvalue weighted by Crippen LogP contribution is -2.13. The molecule has 1 N–H and O–H groups in total. The largest absolute Gasteiger partial charge is 0.493 e. The number of amides is 1. The number of rotatable bonds is 8. The van der Waals surface area contributed by atoms with Crippen molar-refractivity contribution in [3.8, 4) is 17.6 Å². The Balaban J connectivity index is 1.86. The highest BCUT2D eigenvalue weighted by Gasteiger charge is 2.22. The zero-order chi connectivity index (χ0) is 26.3. The van der Waals surface area contributed by atoms with E-state index in [1.54, 1.807) is 24.3 Å². The third-order valence-corrected chi connectivity index (χ3v) is 6.23. The van der Waals surface area contributed by atoms with E-state index in [1.165, 1.54) is 68.8 Å². The molecule has 0 aliphatic rings. The Morgan fingerprint density at radius 2 is 1.69 bits per heavy atom. The molecule has 0 fully saturated rings. The van der Waals surface area contributed by atoms with Gasteiger partial charge in [-0.15, -0.1) is 0 Å². The number of esters is 1. The number of nitrogens with zero attached hydrogens (tertiary/aromatic N) is 1. The zero-order valence-corrected chi connectivity index (χ0v) is 20.6. The van der Waals surface area contributed by atoms with Crippen LogP contribution in [-0.2, 0) is 19.6 Å². The van der Waals surface area contributed by atoms with E-state index in [-0.39, 0.29) is 32.6 Å². The van der Waals surface area contributed by atoms with Crippen LogP contribution in [0.5, 0.6) is 11.5 Å². The molecule has 0 aromatic heterocycles. The molecule has 0 aliphatic carbocycles. The number of hydrogen-bond acceptors (Lipinski definition) is 8. The summed E-state index contributed by atoms with van der Waals surface area (Å²) in [4.78, 5) is 24.1. The van der Waals surface area contributed by atoms with Gasteiger partial charge in [-0.3, -0.25) is 4.79 Å². The molecule has 3 aromatic carbocycles. The van der Waals surface area contributed by atoms with Crippen LogP contribution in [0, 0.1) is 11.3 Å². The first-order valence-electron chi connectivity index (χ1n) is 10.2. The molecule has 0 saturated heterocycles. The van der Waals surface area contributed by atoms with Crippen molar-refractivity contribution in [3.05, 3.63) is 88.5 Å². The van der Waals surface area contributed by atoms with Crippen LogP contribution in [0.1, 0.15) is 15.9 Å². The van der Waals surface area contributed by atoms with Crippen LogP contribution in [0.3, 0.4) is 0 Å². The van der Waals surface area contributed by atoms with E-state index in [0.717, 1.165) is 0 Å². The molecule has 11 heteroatoms. The molecule has 9 nitrogen and oxygen atoms in total. The van der Waals surface area contributed by atoms with Gasteiger partial charge >= 0.3 is 16.1 Å². The van der Waals surface area contributed by atoms with Crippen LogP contribution in [0.2, 0.25) is 5.02 Å². The lowest BCUT2D eigenvalue weighted by atomic mass is 10.1. The van der Waals surface area contributed by atoms with Gasteiger partial charge in [-0.1, -0.05) is 29.8 Å². The summed E-state index contributed by atoms with van der Waals surface area (Å²) in [5.41, 5.74) is 0.661. The second-order valence-electron chi connectivity index (χ2n) is 7.08. The molecule has 3 rings (SSSR count). The summed E-state index contributed by atoms with van der Waals surface area (Å²) < 4.78 is 40.3. The van der Waals surface area contributed by atoms with Gasteiger partial charge in [-0.25, -0.2) is 4.79 Å². The monoisotopic (exact) mass is 526 g/mol. The summed E-state index contributed by atoms with van der Waals surface area (Å²) in [6.45, 7) is 0. The molecule has 0 aliphatic heterocycles.